The third-order valence-electron chi connectivity index (χ3n) is 10.6. The molecule has 0 spiro atoms. The number of hydrogen-bond acceptors (Lipinski definition) is 11. The van der Waals surface area contributed by atoms with Gasteiger partial charge in [0, 0.05) is 29.5 Å². The number of ketones is 2. The van der Waals surface area contributed by atoms with Gasteiger partial charge in [-0.15, -0.1) is 0 Å². The van der Waals surface area contributed by atoms with Crippen molar-refractivity contribution in [3.8, 4) is 0 Å². The number of fused-ring (bicyclic) bond motifs is 1. The van der Waals surface area contributed by atoms with Crippen molar-refractivity contribution in [3.05, 3.63) is 59.8 Å². The highest BCUT2D eigenvalue weighted by Crippen LogP contribution is 2.38. The van der Waals surface area contributed by atoms with Crippen LogP contribution in [0.5, 0.6) is 0 Å². The first-order chi connectivity index (χ1) is 24.4. The predicted molar refractivity (Wildman–Crippen MR) is 199 cm³/mol. The molecule has 4 rings (SSSR count). The van der Waals surface area contributed by atoms with Crippen LogP contribution in [0.3, 0.4) is 0 Å². The summed E-state index contributed by atoms with van der Waals surface area (Å²) in [5, 5.41) is 23.9. The van der Waals surface area contributed by atoms with Gasteiger partial charge in [0.2, 0.25) is 0 Å². The molecular weight excluding hydrogens is 664 g/mol. The van der Waals surface area contributed by atoms with Gasteiger partial charge < -0.3 is 34.1 Å². The Balaban J connectivity index is 1.78. The number of ether oxygens (including phenoxy) is 4. The Hall–Kier alpha value is -3.32. The van der Waals surface area contributed by atoms with E-state index in [4.69, 9.17) is 18.9 Å². The Morgan fingerprint density at radius 2 is 1.79 bits per heavy atom. The van der Waals surface area contributed by atoms with Gasteiger partial charge in [-0.25, -0.2) is 0 Å². The van der Waals surface area contributed by atoms with Crippen LogP contribution in [0.1, 0.15) is 80.2 Å². The Labute approximate surface area is 308 Å². The topological polar surface area (TPSA) is 145 Å². The number of para-hydroxylation sites is 1. The molecule has 0 radical (unpaired) electrons. The number of esters is 1. The maximum atomic E-state index is 14.2. The van der Waals surface area contributed by atoms with Crippen molar-refractivity contribution in [3.63, 3.8) is 0 Å². The summed E-state index contributed by atoms with van der Waals surface area (Å²) in [5.74, 6) is -4.35. The summed E-state index contributed by atoms with van der Waals surface area (Å²) in [4.78, 5) is 48.1. The molecule has 0 bridgehead atoms. The lowest BCUT2D eigenvalue weighted by molar-refractivity contribution is -0.296. The van der Waals surface area contributed by atoms with Crippen molar-refractivity contribution in [1.29, 1.82) is 0 Å². The maximum Gasteiger partial charge on any atom is 0.316 e. The Bertz CT molecular complexity index is 1640. The van der Waals surface area contributed by atoms with Gasteiger partial charge in [-0.2, -0.15) is 0 Å². The lowest BCUT2D eigenvalue weighted by Crippen LogP contribution is -2.59. The second-order valence-electron chi connectivity index (χ2n) is 15.4. The number of nitrogens with zero attached hydrogens (tertiary/aromatic N) is 2. The van der Waals surface area contributed by atoms with E-state index in [1.54, 1.807) is 40.8 Å². The predicted octanol–water partition coefficient (Wildman–Crippen LogP) is 5.30. The van der Waals surface area contributed by atoms with E-state index >= 15 is 0 Å². The van der Waals surface area contributed by atoms with Crippen molar-refractivity contribution in [2.45, 2.75) is 123 Å². The van der Waals surface area contributed by atoms with Crippen LogP contribution in [0.2, 0.25) is 0 Å². The number of allylic oxidation sites excluding steroid dienone is 1. The number of likely N-dealkylation sites (N-methyl/N-ethyl adjacent to an activating group) is 1. The van der Waals surface area contributed by atoms with Crippen molar-refractivity contribution in [2.24, 2.45) is 17.8 Å². The number of aliphatic hydroxyl groups excluding tert-OH is 1. The number of aliphatic hydroxyl groups is 2. The van der Waals surface area contributed by atoms with E-state index < -0.39 is 65.3 Å². The van der Waals surface area contributed by atoms with Crippen LogP contribution in [0.15, 0.2) is 54.3 Å². The summed E-state index contributed by atoms with van der Waals surface area (Å²) in [5.41, 5.74) is -0.933. The standard InChI is InChI=1S/C41H58N2O9/c1-11-33-40(7,48)21-24(2)34(44)25(3)22-41(8,49-18-14-15-29-20-30-16-12-13-17-31(30)42-23-29)37(27(5)35(45)28(6)38(47)51-33)52-39-36(46)32(43(9)10)19-26(4)50-39/h12-17,20-21,23,25-28,32-33,36-37,39,46,48H,11,18-19,22H2,1-10H3/b15-14+,24-21+/t25-,26-,27+,28-,32+,33-,36-,37-,39+,40+,41-/m1/s1. The van der Waals surface area contributed by atoms with Crippen LogP contribution < -0.4 is 0 Å². The van der Waals surface area contributed by atoms with E-state index in [-0.39, 0.29) is 37.4 Å². The fourth-order valence-corrected chi connectivity index (χ4v) is 7.66. The quantitative estimate of drug-likeness (QED) is 0.271. The lowest BCUT2D eigenvalue weighted by Gasteiger charge is -2.47. The van der Waals surface area contributed by atoms with Gasteiger partial charge in [0.1, 0.15) is 23.7 Å². The van der Waals surface area contributed by atoms with Crippen LogP contribution in [-0.2, 0) is 33.3 Å². The lowest BCUT2D eigenvalue weighted by atomic mass is 9.77. The van der Waals surface area contributed by atoms with Crippen LogP contribution in [-0.4, -0.2) is 106 Å². The van der Waals surface area contributed by atoms with Crippen molar-refractivity contribution >= 4 is 34.5 Å². The summed E-state index contributed by atoms with van der Waals surface area (Å²) in [7, 11) is 3.75. The molecule has 0 aliphatic carbocycles. The van der Waals surface area contributed by atoms with E-state index in [2.05, 4.69) is 4.98 Å². The van der Waals surface area contributed by atoms with Gasteiger partial charge in [0.25, 0.3) is 0 Å². The summed E-state index contributed by atoms with van der Waals surface area (Å²) in [6.45, 7) is 13.6. The molecule has 2 N–H and O–H groups in total. The summed E-state index contributed by atoms with van der Waals surface area (Å²) in [6, 6.07) is 9.56. The van der Waals surface area contributed by atoms with Crippen LogP contribution >= 0.6 is 0 Å². The average molecular weight is 723 g/mol. The first-order valence-corrected chi connectivity index (χ1v) is 18.4. The zero-order valence-corrected chi connectivity index (χ0v) is 32.4. The monoisotopic (exact) mass is 722 g/mol. The minimum Gasteiger partial charge on any atom is -0.458 e. The fourth-order valence-electron chi connectivity index (χ4n) is 7.66. The van der Waals surface area contributed by atoms with E-state index in [0.717, 1.165) is 16.5 Å². The highest BCUT2D eigenvalue weighted by atomic mass is 16.7. The molecule has 1 fully saturated rings. The van der Waals surface area contributed by atoms with E-state index in [1.807, 2.05) is 68.4 Å². The number of rotatable bonds is 8. The number of Topliss-reactive ketones (excluding diaryl/α,β-unsaturated/α-hetero) is 2. The first-order valence-electron chi connectivity index (χ1n) is 18.4. The van der Waals surface area contributed by atoms with Gasteiger partial charge in [0.05, 0.1) is 29.9 Å². The third-order valence-corrected chi connectivity index (χ3v) is 10.6. The molecule has 1 saturated heterocycles. The minimum absolute atomic E-state index is 0.0785. The van der Waals surface area contributed by atoms with E-state index in [1.165, 1.54) is 19.9 Å². The average Bonchev–Trinajstić information content (AvgIpc) is 3.10. The second kappa shape index (κ2) is 17.2. The van der Waals surface area contributed by atoms with Gasteiger partial charge in [-0.05, 0) is 97.3 Å². The summed E-state index contributed by atoms with van der Waals surface area (Å²) >= 11 is 0. The van der Waals surface area contributed by atoms with Crippen LogP contribution in [0.4, 0.5) is 0 Å². The molecule has 0 amide bonds. The number of cyclic esters (lactones) is 1. The molecule has 52 heavy (non-hydrogen) atoms. The summed E-state index contributed by atoms with van der Waals surface area (Å²) in [6.07, 6.45) is 3.32. The number of benzene rings is 1. The van der Waals surface area contributed by atoms with Gasteiger partial charge in [-0.1, -0.05) is 51.1 Å². The number of carbonyl (C=O) groups is 3. The highest BCUT2D eigenvalue weighted by Gasteiger charge is 2.50. The molecule has 0 unspecified atom stereocenters. The van der Waals surface area contributed by atoms with E-state index in [0.29, 0.717) is 12.0 Å². The summed E-state index contributed by atoms with van der Waals surface area (Å²) < 4.78 is 25.3. The van der Waals surface area contributed by atoms with Crippen LogP contribution in [0.25, 0.3) is 17.0 Å². The second-order valence-corrected chi connectivity index (χ2v) is 15.4. The Morgan fingerprint density at radius 1 is 1.10 bits per heavy atom. The van der Waals surface area contributed by atoms with Crippen molar-refractivity contribution in [2.75, 3.05) is 20.7 Å². The normalized spacial score (nSPS) is 36.8. The first kappa shape index (κ1) is 41.4. The largest absolute Gasteiger partial charge is 0.458 e. The fraction of sp³-hybridized carbons (Fsp3) is 0.610. The zero-order valence-electron chi connectivity index (χ0n) is 32.4. The Kier molecular flexibility index (Phi) is 13.7. The molecule has 286 valence electrons. The smallest absolute Gasteiger partial charge is 0.316 e. The van der Waals surface area contributed by atoms with Gasteiger partial charge in [-0.3, -0.25) is 19.4 Å². The number of pyridine rings is 1. The van der Waals surface area contributed by atoms with E-state index in [9.17, 15) is 24.6 Å². The molecule has 11 nitrogen and oxygen atoms in total. The van der Waals surface area contributed by atoms with Crippen LogP contribution in [0, 0.1) is 17.8 Å². The molecule has 2 aromatic rings. The number of aromatic nitrogens is 1. The SMILES string of the molecule is CC[C@H]1OC(=O)[C@H](C)C(=O)[C@H](C)[C@@H](O[C@@H]2O[C@H](C)C[C@H](N(C)C)[C@H]2O)[C@](C)(OC/C=C/c2cnc3ccccc3c2)C[C@@H](C)C(=O)/C(C)=C/[C@]1(C)O. The third kappa shape index (κ3) is 9.61. The molecule has 0 saturated carbocycles. The number of hydrogen-bond donors (Lipinski definition) is 2. The Morgan fingerprint density at radius 3 is 2.46 bits per heavy atom. The molecule has 1 aromatic carbocycles. The van der Waals surface area contributed by atoms with Gasteiger partial charge in [0.15, 0.2) is 17.9 Å². The molecule has 11 atom stereocenters. The molecule has 3 heterocycles. The van der Waals surface area contributed by atoms with Crippen molar-refractivity contribution < 1.29 is 43.5 Å². The molecular formula is C41H58N2O9. The molecule has 2 aliphatic heterocycles. The maximum absolute atomic E-state index is 14.2. The highest BCUT2D eigenvalue weighted by molar-refractivity contribution is 6.00. The minimum atomic E-state index is -1.66. The van der Waals surface area contributed by atoms with Gasteiger partial charge >= 0.3 is 5.97 Å². The molecule has 11 heteroatoms. The zero-order chi connectivity index (χ0) is 38.5. The van der Waals surface area contributed by atoms with Crippen molar-refractivity contribution in [1.82, 2.24) is 9.88 Å². The molecule has 2 aliphatic rings. The molecule has 1 aromatic heterocycles. The number of carbonyl (C=O) groups excluding carboxylic acids is 3.